The van der Waals surface area contributed by atoms with Crippen LogP contribution in [0.15, 0.2) is 36.4 Å². The molecule has 0 unspecified atom stereocenters. The molecule has 0 saturated carbocycles. The van der Waals surface area contributed by atoms with Crippen LogP contribution in [0.25, 0.3) is 11.1 Å². The quantitative estimate of drug-likeness (QED) is 0.823. The summed E-state index contributed by atoms with van der Waals surface area (Å²) in [4.78, 5) is 11.9. The van der Waals surface area contributed by atoms with Crippen LogP contribution in [0.4, 0.5) is 4.39 Å². The summed E-state index contributed by atoms with van der Waals surface area (Å²) in [5.74, 6) is 0.301. The van der Waals surface area contributed by atoms with E-state index < -0.39 is 0 Å². The molecular weight excluding hydrogens is 255 g/mol. The van der Waals surface area contributed by atoms with Gasteiger partial charge in [-0.25, -0.2) is 4.39 Å². The summed E-state index contributed by atoms with van der Waals surface area (Å²) in [7, 11) is 1.51. The van der Waals surface area contributed by atoms with Crippen molar-refractivity contribution in [2.45, 2.75) is 19.3 Å². The third kappa shape index (κ3) is 2.20. The Hall–Kier alpha value is -2.16. The van der Waals surface area contributed by atoms with Crippen LogP contribution in [0.3, 0.4) is 0 Å². The van der Waals surface area contributed by atoms with Crippen molar-refractivity contribution in [3.05, 3.63) is 53.3 Å². The zero-order valence-corrected chi connectivity index (χ0v) is 11.3. The third-order valence-corrected chi connectivity index (χ3v) is 3.75. The molecule has 0 amide bonds. The lowest BCUT2D eigenvalue weighted by atomic mass is 9.88. The van der Waals surface area contributed by atoms with Crippen LogP contribution >= 0.6 is 0 Å². The first-order valence-corrected chi connectivity index (χ1v) is 6.69. The van der Waals surface area contributed by atoms with E-state index in [1.165, 1.54) is 13.2 Å². The third-order valence-electron chi connectivity index (χ3n) is 3.75. The first kappa shape index (κ1) is 12.9. The van der Waals surface area contributed by atoms with Gasteiger partial charge in [0.15, 0.2) is 5.78 Å². The van der Waals surface area contributed by atoms with Crippen LogP contribution in [-0.4, -0.2) is 12.9 Å². The van der Waals surface area contributed by atoms with Crippen LogP contribution in [0, 0.1) is 5.82 Å². The molecule has 1 aliphatic rings. The lowest BCUT2D eigenvalue weighted by molar-refractivity contribution is 0.0972. The number of halogens is 1. The molecule has 0 saturated heterocycles. The van der Waals surface area contributed by atoms with E-state index in [2.05, 4.69) is 0 Å². The highest BCUT2D eigenvalue weighted by atomic mass is 19.1. The standard InChI is InChI=1S/C17H15FO2/c1-20-13-7-8-14(16(18)10-13)12-6-5-11-3-2-4-17(19)15(11)9-12/h5-10H,2-4H2,1H3. The minimum Gasteiger partial charge on any atom is -0.497 e. The highest BCUT2D eigenvalue weighted by molar-refractivity contribution is 5.99. The zero-order chi connectivity index (χ0) is 14.1. The van der Waals surface area contributed by atoms with Crippen LogP contribution in [-0.2, 0) is 6.42 Å². The smallest absolute Gasteiger partial charge is 0.163 e. The molecule has 3 rings (SSSR count). The van der Waals surface area contributed by atoms with E-state index in [4.69, 9.17) is 4.74 Å². The maximum absolute atomic E-state index is 14.1. The van der Waals surface area contributed by atoms with E-state index in [1.807, 2.05) is 18.2 Å². The number of aryl methyl sites for hydroxylation is 1. The van der Waals surface area contributed by atoms with Gasteiger partial charge >= 0.3 is 0 Å². The second kappa shape index (κ2) is 5.08. The zero-order valence-electron chi connectivity index (χ0n) is 11.3. The van der Waals surface area contributed by atoms with Gasteiger partial charge in [-0.05, 0) is 42.2 Å². The number of fused-ring (bicyclic) bond motifs is 1. The lowest BCUT2D eigenvalue weighted by Crippen LogP contribution is -2.10. The van der Waals surface area contributed by atoms with E-state index in [-0.39, 0.29) is 11.6 Å². The van der Waals surface area contributed by atoms with Gasteiger partial charge in [0.25, 0.3) is 0 Å². The summed E-state index contributed by atoms with van der Waals surface area (Å²) < 4.78 is 19.1. The molecule has 2 aromatic rings. The van der Waals surface area contributed by atoms with Gasteiger partial charge in [-0.1, -0.05) is 12.1 Å². The first-order chi connectivity index (χ1) is 9.69. The molecule has 0 heterocycles. The van der Waals surface area contributed by atoms with Gasteiger partial charge < -0.3 is 4.74 Å². The van der Waals surface area contributed by atoms with Crippen molar-refractivity contribution in [3.63, 3.8) is 0 Å². The van der Waals surface area contributed by atoms with Crippen molar-refractivity contribution in [1.82, 2.24) is 0 Å². The number of methoxy groups -OCH3 is 1. The van der Waals surface area contributed by atoms with Crippen molar-refractivity contribution in [2.24, 2.45) is 0 Å². The van der Waals surface area contributed by atoms with Crippen molar-refractivity contribution in [1.29, 1.82) is 0 Å². The summed E-state index contributed by atoms with van der Waals surface area (Å²) in [6, 6.07) is 10.4. The normalized spacial score (nSPS) is 14.0. The van der Waals surface area contributed by atoms with Crippen LogP contribution in [0.5, 0.6) is 5.75 Å². The monoisotopic (exact) mass is 270 g/mol. The van der Waals surface area contributed by atoms with E-state index in [0.717, 1.165) is 29.5 Å². The number of benzene rings is 2. The largest absolute Gasteiger partial charge is 0.497 e. The predicted octanol–water partition coefficient (Wildman–Crippen LogP) is 4.02. The molecule has 0 spiro atoms. The fourth-order valence-electron chi connectivity index (χ4n) is 2.65. The summed E-state index contributed by atoms with van der Waals surface area (Å²) in [6.07, 6.45) is 2.41. The number of ketones is 1. The molecule has 0 aliphatic heterocycles. The highest BCUT2D eigenvalue weighted by Crippen LogP contribution is 2.30. The second-order valence-electron chi connectivity index (χ2n) is 4.99. The lowest BCUT2D eigenvalue weighted by Gasteiger charge is -2.16. The molecule has 0 N–H and O–H groups in total. The maximum Gasteiger partial charge on any atom is 0.163 e. The van der Waals surface area contributed by atoms with E-state index in [1.54, 1.807) is 12.1 Å². The van der Waals surface area contributed by atoms with Gasteiger partial charge in [-0.2, -0.15) is 0 Å². The first-order valence-electron chi connectivity index (χ1n) is 6.69. The molecule has 0 fully saturated rings. The number of Topliss-reactive ketones (excluding diaryl/α,β-unsaturated/α-hetero) is 1. The van der Waals surface area contributed by atoms with E-state index in [9.17, 15) is 9.18 Å². The summed E-state index contributed by atoms with van der Waals surface area (Å²) >= 11 is 0. The molecule has 0 aromatic heterocycles. The van der Waals surface area contributed by atoms with Crippen molar-refractivity contribution < 1.29 is 13.9 Å². The maximum atomic E-state index is 14.1. The van der Waals surface area contributed by atoms with Crippen LogP contribution in [0.1, 0.15) is 28.8 Å². The number of rotatable bonds is 2. The summed E-state index contributed by atoms with van der Waals surface area (Å²) in [5, 5.41) is 0. The van der Waals surface area contributed by atoms with Gasteiger partial charge in [0.2, 0.25) is 0 Å². The number of hydrogen-bond acceptors (Lipinski definition) is 2. The molecule has 3 heteroatoms. The van der Waals surface area contributed by atoms with Crippen LogP contribution in [0.2, 0.25) is 0 Å². The second-order valence-corrected chi connectivity index (χ2v) is 4.99. The molecule has 20 heavy (non-hydrogen) atoms. The Labute approximate surface area is 117 Å². The molecule has 2 aromatic carbocycles. The Morgan fingerprint density at radius 1 is 1.05 bits per heavy atom. The average Bonchev–Trinajstić information content (AvgIpc) is 2.47. The molecule has 0 atom stereocenters. The van der Waals surface area contributed by atoms with Gasteiger partial charge in [0.05, 0.1) is 7.11 Å². The Balaban J connectivity index is 2.07. The van der Waals surface area contributed by atoms with E-state index in [0.29, 0.717) is 17.7 Å². The number of carbonyl (C=O) groups excluding carboxylic acids is 1. The Morgan fingerprint density at radius 3 is 2.65 bits per heavy atom. The van der Waals surface area contributed by atoms with Gasteiger partial charge in [0, 0.05) is 23.6 Å². The van der Waals surface area contributed by atoms with Gasteiger partial charge in [-0.15, -0.1) is 0 Å². The topological polar surface area (TPSA) is 26.3 Å². The van der Waals surface area contributed by atoms with Gasteiger partial charge in [-0.3, -0.25) is 4.79 Å². The molecular formula is C17H15FO2. The minimum atomic E-state index is -0.340. The van der Waals surface area contributed by atoms with E-state index >= 15 is 0 Å². The Morgan fingerprint density at radius 2 is 1.90 bits per heavy atom. The molecule has 0 radical (unpaired) electrons. The summed E-state index contributed by atoms with van der Waals surface area (Å²) in [5.41, 5.74) is 3.04. The SMILES string of the molecule is COc1ccc(-c2ccc3c(c2)C(=O)CCC3)c(F)c1. The molecule has 1 aliphatic carbocycles. The highest BCUT2D eigenvalue weighted by Gasteiger charge is 2.18. The number of ether oxygens (including phenoxy) is 1. The minimum absolute atomic E-state index is 0.155. The molecule has 0 bridgehead atoms. The number of hydrogen-bond donors (Lipinski definition) is 0. The Kier molecular flexibility index (Phi) is 3.26. The molecule has 102 valence electrons. The fraction of sp³-hybridized carbons (Fsp3) is 0.235. The average molecular weight is 270 g/mol. The summed E-state index contributed by atoms with van der Waals surface area (Å²) in [6.45, 7) is 0. The van der Waals surface area contributed by atoms with Crippen molar-refractivity contribution in [3.8, 4) is 16.9 Å². The predicted molar refractivity (Wildman–Crippen MR) is 75.7 cm³/mol. The Bertz CT molecular complexity index is 677. The van der Waals surface area contributed by atoms with Crippen molar-refractivity contribution in [2.75, 3.05) is 7.11 Å². The molecule has 2 nitrogen and oxygen atoms in total. The van der Waals surface area contributed by atoms with Crippen molar-refractivity contribution >= 4 is 5.78 Å². The fourth-order valence-corrected chi connectivity index (χ4v) is 2.65. The van der Waals surface area contributed by atoms with Crippen LogP contribution < -0.4 is 4.74 Å². The van der Waals surface area contributed by atoms with Gasteiger partial charge in [0.1, 0.15) is 11.6 Å². The number of carbonyl (C=O) groups is 1.